The Kier molecular flexibility index (Phi) is 6.80. The second kappa shape index (κ2) is 11.7. The molecular formula is C48H33N3O. The van der Waals surface area contributed by atoms with Gasteiger partial charge in [-0.3, -0.25) is 0 Å². The minimum atomic E-state index is -0.0345. The summed E-state index contributed by atoms with van der Waals surface area (Å²) in [5, 5.41) is 2.08. The predicted molar refractivity (Wildman–Crippen MR) is 212 cm³/mol. The van der Waals surface area contributed by atoms with Gasteiger partial charge in [0.05, 0.1) is 5.56 Å². The van der Waals surface area contributed by atoms with Gasteiger partial charge in [-0.1, -0.05) is 159 Å². The summed E-state index contributed by atoms with van der Waals surface area (Å²) in [6.07, 6.45) is 0. The highest BCUT2D eigenvalue weighted by Gasteiger charge is 2.35. The maximum absolute atomic E-state index is 6.77. The molecule has 1 aliphatic carbocycles. The van der Waals surface area contributed by atoms with Crippen molar-refractivity contribution in [2.45, 2.75) is 19.3 Å². The highest BCUT2D eigenvalue weighted by atomic mass is 16.3. The lowest BCUT2D eigenvalue weighted by molar-refractivity contribution is 0.660. The lowest BCUT2D eigenvalue weighted by Gasteiger charge is -2.21. The maximum Gasteiger partial charge on any atom is 0.167 e. The standard InChI is InChI=1S/C48H33N3O/c1-48(2)41-25-10-9-20-36(41)40-29-33(26-27-42(40)48)32-18-11-19-34(28-32)46-49-45(31-16-7-4-8-17-31)50-47(51-46)39-24-13-23-38-37-22-12-21-35(43(37)52-44(38)39)30-14-5-3-6-15-30/h3-29H,1-2H3. The summed E-state index contributed by atoms with van der Waals surface area (Å²) in [7, 11) is 0. The molecule has 0 fully saturated rings. The minimum absolute atomic E-state index is 0.0345. The van der Waals surface area contributed by atoms with E-state index in [1.165, 1.54) is 22.3 Å². The van der Waals surface area contributed by atoms with Crippen molar-refractivity contribution in [1.29, 1.82) is 0 Å². The Morgan fingerprint density at radius 2 is 0.885 bits per heavy atom. The van der Waals surface area contributed by atoms with Crippen molar-refractivity contribution in [3.63, 3.8) is 0 Å². The van der Waals surface area contributed by atoms with Crippen LogP contribution in [0.3, 0.4) is 0 Å². The Hall–Kier alpha value is -6.65. The number of furan rings is 1. The Morgan fingerprint density at radius 1 is 0.365 bits per heavy atom. The number of aromatic nitrogens is 3. The Bertz CT molecular complexity index is 2820. The molecule has 10 rings (SSSR count). The van der Waals surface area contributed by atoms with E-state index in [9.17, 15) is 0 Å². The van der Waals surface area contributed by atoms with Gasteiger partial charge in [-0.15, -0.1) is 0 Å². The van der Waals surface area contributed by atoms with E-state index in [-0.39, 0.29) is 5.41 Å². The molecule has 9 aromatic rings. The molecule has 1 aliphatic rings. The average Bonchev–Trinajstić information content (AvgIpc) is 3.70. The van der Waals surface area contributed by atoms with E-state index in [2.05, 4.69) is 135 Å². The monoisotopic (exact) mass is 667 g/mol. The first kappa shape index (κ1) is 30.2. The summed E-state index contributed by atoms with van der Waals surface area (Å²) in [4.78, 5) is 15.3. The second-order valence-electron chi connectivity index (χ2n) is 14.0. The third-order valence-electron chi connectivity index (χ3n) is 10.6. The van der Waals surface area contributed by atoms with Crippen LogP contribution in [-0.2, 0) is 5.41 Å². The molecule has 2 heterocycles. The van der Waals surface area contributed by atoms with E-state index >= 15 is 0 Å². The van der Waals surface area contributed by atoms with Crippen molar-refractivity contribution in [2.75, 3.05) is 0 Å². The van der Waals surface area contributed by atoms with E-state index in [4.69, 9.17) is 19.4 Å². The van der Waals surface area contributed by atoms with Gasteiger partial charge < -0.3 is 4.42 Å². The quantitative estimate of drug-likeness (QED) is 0.183. The van der Waals surface area contributed by atoms with Crippen LogP contribution in [0.4, 0.5) is 0 Å². The number of hydrogen-bond donors (Lipinski definition) is 0. The zero-order valence-electron chi connectivity index (χ0n) is 28.8. The average molecular weight is 668 g/mol. The minimum Gasteiger partial charge on any atom is -0.455 e. The Labute approximate surface area is 302 Å². The SMILES string of the molecule is CC1(C)c2ccccc2-c2cc(-c3cccc(-c4nc(-c5ccccc5)nc(-c5cccc6c5oc5c(-c7ccccc7)cccc56)n4)c3)ccc21. The van der Waals surface area contributed by atoms with Crippen LogP contribution < -0.4 is 0 Å². The third kappa shape index (κ3) is 4.79. The van der Waals surface area contributed by atoms with Crippen LogP contribution in [0.5, 0.6) is 0 Å². The van der Waals surface area contributed by atoms with Crippen LogP contribution in [0.2, 0.25) is 0 Å². The predicted octanol–water partition coefficient (Wildman–Crippen LogP) is 12.4. The van der Waals surface area contributed by atoms with Crippen LogP contribution >= 0.6 is 0 Å². The van der Waals surface area contributed by atoms with Gasteiger partial charge >= 0.3 is 0 Å². The van der Waals surface area contributed by atoms with E-state index < -0.39 is 0 Å². The summed E-state index contributed by atoms with van der Waals surface area (Å²) in [6, 6.07) is 57.2. The van der Waals surface area contributed by atoms with Crippen LogP contribution in [-0.4, -0.2) is 15.0 Å². The van der Waals surface area contributed by atoms with Crippen molar-refractivity contribution in [3.8, 4) is 67.5 Å². The number of hydrogen-bond acceptors (Lipinski definition) is 4. The van der Waals surface area contributed by atoms with Crippen LogP contribution in [0, 0.1) is 0 Å². The molecule has 0 saturated carbocycles. The molecule has 52 heavy (non-hydrogen) atoms. The van der Waals surface area contributed by atoms with Crippen molar-refractivity contribution in [3.05, 3.63) is 175 Å². The third-order valence-corrected chi connectivity index (χ3v) is 10.6. The molecule has 0 amide bonds. The van der Waals surface area contributed by atoms with Gasteiger partial charge in [0, 0.05) is 32.9 Å². The van der Waals surface area contributed by atoms with Crippen LogP contribution in [0.25, 0.3) is 89.5 Å². The maximum atomic E-state index is 6.77. The zero-order valence-corrected chi connectivity index (χ0v) is 28.8. The number of fused-ring (bicyclic) bond motifs is 6. The molecule has 0 atom stereocenters. The van der Waals surface area contributed by atoms with Crippen molar-refractivity contribution < 1.29 is 4.42 Å². The molecule has 246 valence electrons. The van der Waals surface area contributed by atoms with Gasteiger partial charge in [0.2, 0.25) is 0 Å². The van der Waals surface area contributed by atoms with Crippen LogP contribution in [0.1, 0.15) is 25.0 Å². The molecule has 0 spiro atoms. The first-order chi connectivity index (χ1) is 25.5. The van der Waals surface area contributed by atoms with Crippen LogP contribution in [0.15, 0.2) is 168 Å². The highest BCUT2D eigenvalue weighted by molar-refractivity contribution is 6.12. The fraction of sp³-hybridized carbons (Fsp3) is 0.0625. The smallest absolute Gasteiger partial charge is 0.167 e. The molecule has 0 N–H and O–H groups in total. The molecule has 4 heteroatoms. The molecule has 0 bridgehead atoms. The summed E-state index contributed by atoms with van der Waals surface area (Å²) in [5.74, 6) is 1.79. The molecule has 2 aromatic heterocycles. The van der Waals surface area contributed by atoms with Gasteiger partial charge in [0.25, 0.3) is 0 Å². The number of benzene rings is 7. The van der Waals surface area contributed by atoms with E-state index in [0.717, 1.165) is 60.9 Å². The van der Waals surface area contributed by atoms with E-state index in [0.29, 0.717) is 17.5 Å². The van der Waals surface area contributed by atoms with Crippen molar-refractivity contribution in [2.24, 2.45) is 0 Å². The first-order valence-corrected chi connectivity index (χ1v) is 17.7. The van der Waals surface area contributed by atoms with E-state index in [1.54, 1.807) is 0 Å². The molecule has 0 unspecified atom stereocenters. The van der Waals surface area contributed by atoms with Crippen molar-refractivity contribution in [1.82, 2.24) is 15.0 Å². The molecular weight excluding hydrogens is 635 g/mol. The molecule has 0 saturated heterocycles. The number of para-hydroxylation sites is 2. The summed E-state index contributed by atoms with van der Waals surface area (Å²) in [6.45, 7) is 4.63. The fourth-order valence-corrected chi connectivity index (χ4v) is 7.92. The van der Waals surface area contributed by atoms with Gasteiger partial charge in [-0.2, -0.15) is 0 Å². The molecule has 7 aromatic carbocycles. The molecule has 4 nitrogen and oxygen atoms in total. The Balaban J connectivity index is 1.13. The van der Waals surface area contributed by atoms with Crippen molar-refractivity contribution >= 4 is 21.9 Å². The molecule has 0 radical (unpaired) electrons. The second-order valence-corrected chi connectivity index (χ2v) is 14.0. The van der Waals surface area contributed by atoms with Gasteiger partial charge in [-0.05, 0) is 57.1 Å². The summed E-state index contributed by atoms with van der Waals surface area (Å²) in [5.41, 5.74) is 14.0. The number of rotatable bonds is 5. The Morgan fingerprint density at radius 3 is 1.65 bits per heavy atom. The van der Waals surface area contributed by atoms with E-state index in [1.807, 2.05) is 42.5 Å². The van der Waals surface area contributed by atoms with Gasteiger partial charge in [0.1, 0.15) is 11.2 Å². The largest absolute Gasteiger partial charge is 0.455 e. The lowest BCUT2D eigenvalue weighted by Crippen LogP contribution is -2.14. The summed E-state index contributed by atoms with van der Waals surface area (Å²) >= 11 is 0. The van der Waals surface area contributed by atoms with Gasteiger partial charge in [-0.25, -0.2) is 15.0 Å². The zero-order chi connectivity index (χ0) is 34.8. The lowest BCUT2D eigenvalue weighted by atomic mass is 9.82. The first-order valence-electron chi connectivity index (χ1n) is 17.7. The highest BCUT2D eigenvalue weighted by Crippen LogP contribution is 2.49. The van der Waals surface area contributed by atoms with Gasteiger partial charge in [0.15, 0.2) is 17.5 Å². The normalized spacial score (nSPS) is 13.0. The topological polar surface area (TPSA) is 51.8 Å². The molecule has 0 aliphatic heterocycles. The fourth-order valence-electron chi connectivity index (χ4n) is 7.92. The summed E-state index contributed by atoms with van der Waals surface area (Å²) < 4.78 is 6.77. The number of nitrogens with zero attached hydrogens (tertiary/aromatic N) is 3.